The molecular weight excluding hydrogens is 308 g/mol. The summed E-state index contributed by atoms with van der Waals surface area (Å²) in [4.78, 5) is 0. The molecule has 0 amide bonds. The van der Waals surface area contributed by atoms with E-state index in [1.54, 1.807) is 6.07 Å². The number of aliphatic hydroxyl groups excluding tert-OH is 1. The van der Waals surface area contributed by atoms with Gasteiger partial charge in [-0.1, -0.05) is 35.9 Å². The van der Waals surface area contributed by atoms with Gasteiger partial charge >= 0.3 is 0 Å². The smallest absolute Gasteiger partial charge is 0.0995 e. The molecule has 3 nitrogen and oxygen atoms in total. The highest BCUT2D eigenvalue weighted by atomic mass is 35.5. The van der Waals surface area contributed by atoms with Gasteiger partial charge in [0.15, 0.2) is 0 Å². The van der Waals surface area contributed by atoms with Crippen LogP contribution in [0.4, 0.5) is 0 Å². The Morgan fingerprint density at radius 1 is 1.13 bits per heavy atom. The predicted octanol–water partition coefficient (Wildman–Crippen LogP) is 3.91. The van der Waals surface area contributed by atoms with Crippen LogP contribution < -0.4 is 5.32 Å². The lowest BCUT2D eigenvalue weighted by Crippen LogP contribution is -2.31. The van der Waals surface area contributed by atoms with E-state index in [0.29, 0.717) is 10.6 Å². The van der Waals surface area contributed by atoms with Gasteiger partial charge in [0.1, 0.15) is 0 Å². The normalized spacial score (nSPS) is 16.7. The second-order valence-corrected chi connectivity index (χ2v) is 6.35. The van der Waals surface area contributed by atoms with Crippen LogP contribution in [0.2, 0.25) is 5.02 Å². The van der Waals surface area contributed by atoms with Crippen LogP contribution in [0.3, 0.4) is 0 Å². The molecule has 2 aromatic rings. The van der Waals surface area contributed by atoms with E-state index in [2.05, 4.69) is 11.4 Å². The molecule has 1 heterocycles. The van der Waals surface area contributed by atoms with Crippen LogP contribution in [0.5, 0.6) is 0 Å². The average Bonchev–Trinajstić information content (AvgIpc) is 2.62. The molecule has 1 saturated heterocycles. The Bertz CT molecular complexity index is 715. The number of aliphatic hydroxyl groups is 1. The maximum atomic E-state index is 10.9. The van der Waals surface area contributed by atoms with Crippen molar-refractivity contribution < 1.29 is 5.11 Å². The van der Waals surface area contributed by atoms with Crippen LogP contribution in [0.25, 0.3) is 11.1 Å². The summed E-state index contributed by atoms with van der Waals surface area (Å²) in [5.74, 6) is 0.178. The van der Waals surface area contributed by atoms with Crippen molar-refractivity contribution in [3.05, 3.63) is 58.6 Å². The number of rotatable bonds is 3. The molecule has 4 heteroatoms. The van der Waals surface area contributed by atoms with E-state index in [4.69, 9.17) is 11.6 Å². The molecule has 1 unspecified atom stereocenters. The van der Waals surface area contributed by atoms with Gasteiger partial charge < -0.3 is 10.4 Å². The van der Waals surface area contributed by atoms with Crippen molar-refractivity contribution in [3.63, 3.8) is 0 Å². The summed E-state index contributed by atoms with van der Waals surface area (Å²) in [7, 11) is 0. The van der Waals surface area contributed by atoms with Crippen molar-refractivity contribution in [2.75, 3.05) is 13.1 Å². The Morgan fingerprint density at radius 2 is 1.83 bits per heavy atom. The maximum Gasteiger partial charge on any atom is 0.0995 e. The van der Waals surface area contributed by atoms with Gasteiger partial charge in [-0.15, -0.1) is 0 Å². The van der Waals surface area contributed by atoms with Crippen molar-refractivity contribution in [1.82, 2.24) is 5.32 Å². The minimum atomic E-state index is -0.626. The molecule has 0 radical (unpaired) electrons. The SMILES string of the molecule is N#Cc1cccc(-c2ccc(Cl)cc2)c1C(O)C1CCNCC1. The minimum absolute atomic E-state index is 0.178. The molecule has 3 rings (SSSR count). The third-order valence-electron chi connectivity index (χ3n) is 4.51. The van der Waals surface area contributed by atoms with E-state index in [-0.39, 0.29) is 5.92 Å². The number of nitrogens with one attached hydrogen (secondary N) is 1. The van der Waals surface area contributed by atoms with Gasteiger partial charge in [-0.05, 0) is 61.2 Å². The van der Waals surface area contributed by atoms with Crippen LogP contribution in [0, 0.1) is 17.2 Å². The summed E-state index contributed by atoms with van der Waals surface area (Å²) in [6.45, 7) is 1.82. The van der Waals surface area contributed by atoms with Gasteiger partial charge in [-0.25, -0.2) is 0 Å². The van der Waals surface area contributed by atoms with Gasteiger partial charge in [-0.3, -0.25) is 0 Å². The Balaban J connectivity index is 2.06. The van der Waals surface area contributed by atoms with Crippen molar-refractivity contribution in [3.8, 4) is 17.2 Å². The number of hydrogen-bond donors (Lipinski definition) is 2. The van der Waals surface area contributed by atoms with E-state index in [9.17, 15) is 10.4 Å². The molecule has 0 saturated carbocycles. The minimum Gasteiger partial charge on any atom is -0.388 e. The number of halogens is 1. The quantitative estimate of drug-likeness (QED) is 0.899. The van der Waals surface area contributed by atoms with Crippen molar-refractivity contribution in [2.24, 2.45) is 5.92 Å². The lowest BCUT2D eigenvalue weighted by molar-refractivity contribution is 0.0892. The fourth-order valence-corrected chi connectivity index (χ4v) is 3.38. The van der Waals surface area contributed by atoms with Gasteiger partial charge in [0.05, 0.1) is 17.7 Å². The first kappa shape index (κ1) is 16.0. The predicted molar refractivity (Wildman–Crippen MR) is 92.2 cm³/mol. The molecule has 1 fully saturated rings. The van der Waals surface area contributed by atoms with Gasteiger partial charge in [0.25, 0.3) is 0 Å². The second-order valence-electron chi connectivity index (χ2n) is 5.92. The topological polar surface area (TPSA) is 56.0 Å². The number of hydrogen-bond acceptors (Lipinski definition) is 3. The zero-order valence-corrected chi connectivity index (χ0v) is 13.6. The average molecular weight is 327 g/mol. The summed E-state index contributed by atoms with van der Waals surface area (Å²) in [5.41, 5.74) is 3.16. The van der Waals surface area contributed by atoms with Crippen LogP contribution in [-0.4, -0.2) is 18.2 Å². The molecule has 0 aliphatic carbocycles. The van der Waals surface area contributed by atoms with E-state index in [0.717, 1.165) is 42.6 Å². The van der Waals surface area contributed by atoms with Crippen LogP contribution in [-0.2, 0) is 0 Å². The molecule has 1 aliphatic rings. The molecule has 1 atom stereocenters. The molecule has 0 aromatic heterocycles. The molecule has 23 heavy (non-hydrogen) atoms. The zero-order chi connectivity index (χ0) is 16.2. The van der Waals surface area contributed by atoms with Gasteiger partial charge in [-0.2, -0.15) is 5.26 Å². The van der Waals surface area contributed by atoms with E-state index in [1.165, 1.54) is 0 Å². The Kier molecular flexibility index (Phi) is 4.97. The maximum absolute atomic E-state index is 10.9. The van der Waals surface area contributed by atoms with Crippen LogP contribution >= 0.6 is 11.6 Å². The first-order chi connectivity index (χ1) is 11.2. The Labute approximate surface area is 141 Å². The van der Waals surface area contributed by atoms with Crippen molar-refractivity contribution in [1.29, 1.82) is 5.26 Å². The molecule has 1 aliphatic heterocycles. The standard InChI is InChI=1S/C19H19ClN2O/c20-16-6-4-13(5-7-16)17-3-1-2-15(12-21)18(17)19(23)14-8-10-22-11-9-14/h1-7,14,19,22-23H,8-11H2. The molecule has 2 aromatic carbocycles. The Morgan fingerprint density at radius 3 is 2.48 bits per heavy atom. The van der Waals surface area contributed by atoms with E-state index in [1.807, 2.05) is 36.4 Å². The molecule has 0 bridgehead atoms. The van der Waals surface area contributed by atoms with Crippen LogP contribution in [0.15, 0.2) is 42.5 Å². The Hall–Kier alpha value is -1.86. The van der Waals surface area contributed by atoms with Crippen molar-refractivity contribution in [2.45, 2.75) is 18.9 Å². The summed E-state index contributed by atoms with van der Waals surface area (Å²) in [6.07, 6.45) is 1.21. The summed E-state index contributed by atoms with van der Waals surface area (Å²) < 4.78 is 0. The third kappa shape index (κ3) is 3.40. The summed E-state index contributed by atoms with van der Waals surface area (Å²) >= 11 is 5.97. The van der Waals surface area contributed by atoms with E-state index >= 15 is 0 Å². The highest BCUT2D eigenvalue weighted by Crippen LogP contribution is 2.37. The molecule has 0 spiro atoms. The number of piperidine rings is 1. The number of nitriles is 1. The highest BCUT2D eigenvalue weighted by Gasteiger charge is 2.27. The first-order valence-corrected chi connectivity index (χ1v) is 8.26. The highest BCUT2D eigenvalue weighted by molar-refractivity contribution is 6.30. The summed E-state index contributed by atoms with van der Waals surface area (Å²) in [5, 5.41) is 24.4. The molecule has 118 valence electrons. The van der Waals surface area contributed by atoms with Gasteiger partial charge in [0, 0.05) is 10.6 Å². The fourth-order valence-electron chi connectivity index (χ4n) is 3.26. The lowest BCUT2D eigenvalue weighted by Gasteiger charge is -2.29. The van der Waals surface area contributed by atoms with Crippen molar-refractivity contribution >= 4 is 11.6 Å². The monoisotopic (exact) mass is 326 g/mol. The number of benzene rings is 2. The van der Waals surface area contributed by atoms with E-state index < -0.39 is 6.10 Å². The molecule has 2 N–H and O–H groups in total. The first-order valence-electron chi connectivity index (χ1n) is 7.88. The van der Waals surface area contributed by atoms with Gasteiger partial charge in [0.2, 0.25) is 0 Å². The molecular formula is C19H19ClN2O. The largest absolute Gasteiger partial charge is 0.388 e. The fraction of sp³-hybridized carbons (Fsp3) is 0.316. The van der Waals surface area contributed by atoms with Crippen LogP contribution in [0.1, 0.15) is 30.1 Å². The number of nitrogens with zero attached hydrogens (tertiary/aromatic N) is 1. The zero-order valence-electron chi connectivity index (χ0n) is 12.8. The lowest BCUT2D eigenvalue weighted by atomic mass is 9.83. The summed E-state index contributed by atoms with van der Waals surface area (Å²) in [6, 6.07) is 15.4. The third-order valence-corrected chi connectivity index (χ3v) is 4.76. The second kappa shape index (κ2) is 7.14.